The molecular formula is C14H21BrN2O2S2. The fourth-order valence-electron chi connectivity index (χ4n) is 2.34. The number of thioether (sulfide) groups is 1. The molecule has 118 valence electrons. The van der Waals surface area contributed by atoms with Gasteiger partial charge in [-0.25, -0.2) is 8.42 Å². The predicted octanol–water partition coefficient (Wildman–Crippen LogP) is 2.67. The van der Waals surface area contributed by atoms with Crippen LogP contribution in [0.2, 0.25) is 0 Å². The van der Waals surface area contributed by atoms with E-state index in [1.54, 1.807) is 18.7 Å². The number of hydrogen-bond acceptors (Lipinski definition) is 5. The number of sulfone groups is 1. The van der Waals surface area contributed by atoms with E-state index in [9.17, 15) is 8.42 Å². The number of nitrogens with zero attached hydrogens (tertiary/aromatic N) is 1. The maximum Gasteiger partial charge on any atom is 0.166 e. The maximum absolute atomic E-state index is 12.2. The minimum Gasteiger partial charge on any atom is -0.384 e. The van der Waals surface area contributed by atoms with E-state index in [1.807, 2.05) is 24.3 Å². The average molecular weight is 393 g/mol. The first kappa shape index (κ1) is 17.1. The number of benzene rings is 1. The maximum atomic E-state index is 12.2. The molecular weight excluding hydrogens is 372 g/mol. The van der Waals surface area contributed by atoms with Crippen LogP contribution >= 0.6 is 27.7 Å². The lowest BCUT2D eigenvalue weighted by atomic mass is 10.3. The fraction of sp³-hybridized carbons (Fsp3) is 0.571. The topological polar surface area (TPSA) is 49.4 Å². The zero-order chi connectivity index (χ0) is 15.3. The molecule has 1 aromatic carbocycles. The van der Waals surface area contributed by atoms with E-state index in [1.165, 1.54) is 0 Å². The normalized spacial score (nSPS) is 20.4. The van der Waals surface area contributed by atoms with E-state index >= 15 is 0 Å². The molecule has 1 aliphatic heterocycles. The Balaban J connectivity index is 1.91. The molecule has 1 N–H and O–H groups in total. The largest absolute Gasteiger partial charge is 0.384 e. The van der Waals surface area contributed by atoms with Gasteiger partial charge in [0.15, 0.2) is 9.84 Å². The molecule has 0 aliphatic carbocycles. The Morgan fingerprint density at radius 2 is 2.29 bits per heavy atom. The van der Waals surface area contributed by atoms with Crippen LogP contribution in [0.15, 0.2) is 28.7 Å². The highest BCUT2D eigenvalue weighted by atomic mass is 79.9. The third-order valence-corrected chi connectivity index (χ3v) is 7.39. The Hall–Kier alpha value is -0.240. The van der Waals surface area contributed by atoms with E-state index in [0.29, 0.717) is 5.75 Å². The summed E-state index contributed by atoms with van der Waals surface area (Å²) >= 11 is 5.18. The third-order valence-electron chi connectivity index (χ3n) is 3.56. The number of rotatable bonds is 6. The molecule has 7 heteroatoms. The van der Waals surface area contributed by atoms with Crippen LogP contribution in [0.1, 0.15) is 6.92 Å². The summed E-state index contributed by atoms with van der Waals surface area (Å²) < 4.78 is 25.4. The Kier molecular flexibility index (Phi) is 6.40. The van der Waals surface area contributed by atoms with Crippen LogP contribution in [-0.4, -0.2) is 55.6 Å². The van der Waals surface area contributed by atoms with Crippen LogP contribution < -0.4 is 5.32 Å². The highest BCUT2D eigenvalue weighted by molar-refractivity contribution is 9.10. The number of anilines is 1. The molecule has 4 nitrogen and oxygen atoms in total. The number of nitrogens with one attached hydrogen (secondary N) is 1. The first-order valence-electron chi connectivity index (χ1n) is 7.05. The van der Waals surface area contributed by atoms with Crippen LogP contribution in [0.25, 0.3) is 0 Å². The molecule has 1 atom stereocenters. The first-order chi connectivity index (χ1) is 10.0. The predicted molar refractivity (Wildman–Crippen MR) is 94.8 cm³/mol. The summed E-state index contributed by atoms with van der Waals surface area (Å²) in [5.41, 5.74) is 1.05. The van der Waals surface area contributed by atoms with Crippen LogP contribution in [0, 0.1) is 0 Å². The van der Waals surface area contributed by atoms with Crippen molar-refractivity contribution in [2.45, 2.75) is 12.3 Å². The lowest BCUT2D eigenvalue weighted by Gasteiger charge is -2.34. The zero-order valence-electron chi connectivity index (χ0n) is 12.1. The minimum atomic E-state index is -3.00. The van der Waals surface area contributed by atoms with Gasteiger partial charge in [-0.2, -0.15) is 11.8 Å². The Bertz CT molecular complexity index is 566. The molecule has 2 rings (SSSR count). The van der Waals surface area contributed by atoms with Gasteiger partial charge in [-0.05, 0) is 18.2 Å². The summed E-state index contributed by atoms with van der Waals surface area (Å²) in [4.78, 5) is 2.10. The molecule has 1 saturated heterocycles. The van der Waals surface area contributed by atoms with Gasteiger partial charge in [0.1, 0.15) is 5.37 Å². The molecule has 1 unspecified atom stereocenters. The van der Waals surface area contributed by atoms with Crippen molar-refractivity contribution in [2.75, 3.05) is 42.2 Å². The Morgan fingerprint density at radius 3 is 3.00 bits per heavy atom. The SMILES string of the molecule is CCS(=O)(=O)C1CSCCN1CCNc1cccc(Br)c1. The second-order valence-electron chi connectivity index (χ2n) is 4.95. The third kappa shape index (κ3) is 4.87. The Labute approximate surface area is 139 Å². The number of hydrogen-bond donors (Lipinski definition) is 1. The highest BCUT2D eigenvalue weighted by Crippen LogP contribution is 2.21. The van der Waals surface area contributed by atoms with Crippen molar-refractivity contribution in [1.82, 2.24) is 4.90 Å². The molecule has 21 heavy (non-hydrogen) atoms. The van der Waals surface area contributed by atoms with Gasteiger partial charge in [-0.1, -0.05) is 28.9 Å². The van der Waals surface area contributed by atoms with Crippen LogP contribution in [0.4, 0.5) is 5.69 Å². The molecule has 1 heterocycles. The standard InChI is InChI=1S/C14H21BrN2O2S2/c1-2-21(18,19)14-11-20-9-8-17(14)7-6-16-13-5-3-4-12(15)10-13/h3-5,10,14,16H,2,6-9,11H2,1H3. The van der Waals surface area contributed by atoms with Gasteiger partial charge in [0, 0.05) is 47.1 Å². The average Bonchev–Trinajstić information content (AvgIpc) is 2.48. The van der Waals surface area contributed by atoms with Crippen molar-refractivity contribution in [3.8, 4) is 0 Å². The smallest absolute Gasteiger partial charge is 0.166 e. The van der Waals surface area contributed by atoms with Gasteiger partial charge >= 0.3 is 0 Å². The highest BCUT2D eigenvalue weighted by Gasteiger charge is 2.32. The summed E-state index contributed by atoms with van der Waals surface area (Å²) in [7, 11) is -3.00. The van der Waals surface area contributed by atoms with Gasteiger partial charge in [0.25, 0.3) is 0 Å². The second-order valence-corrected chi connectivity index (χ2v) is 9.47. The summed E-state index contributed by atoms with van der Waals surface area (Å²) in [5.74, 6) is 1.91. The van der Waals surface area contributed by atoms with Crippen molar-refractivity contribution in [3.63, 3.8) is 0 Å². The molecule has 0 bridgehead atoms. The number of halogens is 1. The van der Waals surface area contributed by atoms with Crippen molar-refractivity contribution < 1.29 is 8.42 Å². The lowest BCUT2D eigenvalue weighted by Crippen LogP contribution is -2.49. The van der Waals surface area contributed by atoms with E-state index in [4.69, 9.17) is 0 Å². The van der Waals surface area contributed by atoms with Crippen molar-refractivity contribution in [2.24, 2.45) is 0 Å². The summed E-state index contributed by atoms with van der Waals surface area (Å²) in [6.07, 6.45) is 0. The van der Waals surface area contributed by atoms with Gasteiger partial charge in [-0.15, -0.1) is 0 Å². The van der Waals surface area contributed by atoms with Crippen molar-refractivity contribution >= 4 is 43.2 Å². The molecule has 1 aromatic rings. The molecule has 0 spiro atoms. The van der Waals surface area contributed by atoms with Crippen molar-refractivity contribution in [1.29, 1.82) is 0 Å². The quantitative estimate of drug-likeness (QED) is 0.806. The van der Waals surface area contributed by atoms with Crippen LogP contribution in [0.5, 0.6) is 0 Å². The Morgan fingerprint density at radius 1 is 1.48 bits per heavy atom. The molecule has 0 saturated carbocycles. The van der Waals surface area contributed by atoms with Gasteiger partial charge < -0.3 is 5.32 Å². The second kappa shape index (κ2) is 7.85. The van der Waals surface area contributed by atoms with Crippen molar-refractivity contribution in [3.05, 3.63) is 28.7 Å². The van der Waals surface area contributed by atoms with E-state index in [2.05, 4.69) is 26.1 Å². The summed E-state index contributed by atoms with van der Waals surface area (Å²) in [5, 5.41) is 3.02. The van der Waals surface area contributed by atoms with E-state index in [-0.39, 0.29) is 11.1 Å². The fourth-order valence-corrected chi connectivity index (χ4v) is 5.85. The minimum absolute atomic E-state index is 0.216. The molecule has 0 radical (unpaired) electrons. The first-order valence-corrected chi connectivity index (χ1v) is 10.7. The zero-order valence-corrected chi connectivity index (χ0v) is 15.3. The lowest BCUT2D eigenvalue weighted by molar-refractivity contribution is 0.280. The summed E-state index contributed by atoms with van der Waals surface area (Å²) in [6.45, 7) is 4.06. The van der Waals surface area contributed by atoms with Crippen LogP contribution in [0.3, 0.4) is 0 Å². The van der Waals surface area contributed by atoms with E-state index in [0.717, 1.165) is 35.5 Å². The van der Waals surface area contributed by atoms with Gasteiger partial charge in [0.05, 0.1) is 0 Å². The molecule has 1 aliphatic rings. The van der Waals surface area contributed by atoms with Gasteiger partial charge in [-0.3, -0.25) is 4.90 Å². The molecule has 0 amide bonds. The molecule has 0 aromatic heterocycles. The monoisotopic (exact) mass is 392 g/mol. The van der Waals surface area contributed by atoms with Gasteiger partial charge in [0.2, 0.25) is 0 Å². The van der Waals surface area contributed by atoms with E-state index < -0.39 is 9.84 Å². The summed E-state index contributed by atoms with van der Waals surface area (Å²) in [6, 6.07) is 7.99. The molecule has 1 fully saturated rings. The van der Waals surface area contributed by atoms with Crippen LogP contribution in [-0.2, 0) is 9.84 Å².